The van der Waals surface area contributed by atoms with E-state index >= 15 is 0 Å². The number of ether oxygens (including phenoxy) is 1. The lowest BCUT2D eigenvalue weighted by Crippen LogP contribution is -2.33. The Labute approximate surface area is 110 Å². The largest absolute Gasteiger partial charge is 0.389 e. The fraction of sp³-hybridized carbons (Fsp3) is 0.500. The van der Waals surface area contributed by atoms with Crippen molar-refractivity contribution >= 4 is 17.3 Å². The smallest absolute Gasteiger partial charge is 0.311 e. The van der Waals surface area contributed by atoms with Gasteiger partial charge in [-0.3, -0.25) is 10.1 Å². The molecule has 0 radical (unpaired) electrons. The van der Waals surface area contributed by atoms with Crippen LogP contribution in [0, 0.1) is 10.1 Å². The van der Waals surface area contributed by atoms with Crippen molar-refractivity contribution in [3.05, 3.63) is 22.2 Å². The number of aliphatic hydroxyl groups excluding tert-OH is 1. The molecule has 9 heteroatoms. The molecule has 1 unspecified atom stereocenters. The van der Waals surface area contributed by atoms with Crippen molar-refractivity contribution in [3.8, 4) is 0 Å². The van der Waals surface area contributed by atoms with Gasteiger partial charge in [0.1, 0.15) is 5.82 Å². The number of aromatic nitrogens is 1. The Morgan fingerprint density at radius 3 is 2.89 bits per heavy atom. The molecule has 0 saturated carbocycles. The Hall–Kier alpha value is -1.97. The fourth-order valence-electron chi connectivity index (χ4n) is 1.59. The number of likely N-dealkylation sites (N-methyl/N-ethyl adjacent to an activating group) is 1. The predicted octanol–water partition coefficient (Wildman–Crippen LogP) is -0.281. The van der Waals surface area contributed by atoms with Gasteiger partial charge in [-0.1, -0.05) is 0 Å². The molecule has 0 aliphatic heterocycles. The maximum atomic E-state index is 10.9. The van der Waals surface area contributed by atoms with Crippen LogP contribution in [-0.4, -0.2) is 48.4 Å². The number of nitrogens with two attached hydrogens (primary N) is 1. The summed E-state index contributed by atoms with van der Waals surface area (Å²) in [6.45, 7) is 0.280. The number of methoxy groups -OCH3 is 1. The van der Waals surface area contributed by atoms with Gasteiger partial charge < -0.3 is 20.2 Å². The van der Waals surface area contributed by atoms with E-state index in [0.717, 1.165) is 0 Å². The van der Waals surface area contributed by atoms with Gasteiger partial charge in [0, 0.05) is 26.8 Å². The predicted molar refractivity (Wildman–Crippen MR) is 69.9 cm³/mol. The number of nitro groups is 1. The van der Waals surface area contributed by atoms with Gasteiger partial charge in [-0.25, -0.2) is 10.8 Å². The van der Waals surface area contributed by atoms with E-state index in [1.54, 1.807) is 7.05 Å². The summed E-state index contributed by atoms with van der Waals surface area (Å²) in [5, 5.41) is 20.6. The summed E-state index contributed by atoms with van der Waals surface area (Å²) in [5.74, 6) is 5.64. The van der Waals surface area contributed by atoms with Crippen molar-refractivity contribution in [1.29, 1.82) is 0 Å². The minimum absolute atomic E-state index is 0.121. The van der Waals surface area contributed by atoms with Crippen LogP contribution in [0.2, 0.25) is 0 Å². The molecule has 0 aliphatic carbocycles. The summed E-state index contributed by atoms with van der Waals surface area (Å²) in [6, 6.07) is 2.71. The minimum Gasteiger partial charge on any atom is -0.389 e. The Bertz CT molecular complexity index is 442. The molecule has 0 aromatic carbocycles. The zero-order chi connectivity index (χ0) is 14.4. The summed E-state index contributed by atoms with van der Waals surface area (Å²) in [6.07, 6.45) is -0.772. The molecule has 0 amide bonds. The van der Waals surface area contributed by atoms with Gasteiger partial charge in [0.2, 0.25) is 5.82 Å². The first-order chi connectivity index (χ1) is 8.99. The monoisotopic (exact) mass is 271 g/mol. The highest BCUT2D eigenvalue weighted by Crippen LogP contribution is 2.26. The van der Waals surface area contributed by atoms with Crippen LogP contribution in [0.3, 0.4) is 0 Å². The molecule has 1 atom stereocenters. The highest BCUT2D eigenvalue weighted by atomic mass is 16.6. The molecule has 19 heavy (non-hydrogen) atoms. The molecule has 1 rings (SSSR count). The maximum absolute atomic E-state index is 10.9. The zero-order valence-electron chi connectivity index (χ0n) is 10.7. The van der Waals surface area contributed by atoms with Crippen LogP contribution < -0.4 is 16.2 Å². The molecule has 106 valence electrons. The first kappa shape index (κ1) is 15.1. The Morgan fingerprint density at radius 2 is 2.37 bits per heavy atom. The molecular weight excluding hydrogens is 254 g/mol. The van der Waals surface area contributed by atoms with Crippen molar-refractivity contribution < 1.29 is 14.8 Å². The Morgan fingerprint density at radius 1 is 1.68 bits per heavy atom. The highest BCUT2D eigenvalue weighted by Gasteiger charge is 2.21. The van der Waals surface area contributed by atoms with E-state index in [0.29, 0.717) is 5.82 Å². The lowest BCUT2D eigenvalue weighted by atomic mass is 10.3. The van der Waals surface area contributed by atoms with Crippen molar-refractivity contribution in [2.75, 3.05) is 37.6 Å². The number of pyridine rings is 1. The number of aliphatic hydroxyl groups is 1. The van der Waals surface area contributed by atoms with E-state index in [-0.39, 0.29) is 24.7 Å². The zero-order valence-corrected chi connectivity index (χ0v) is 10.7. The third-order valence-electron chi connectivity index (χ3n) is 2.40. The molecule has 9 nitrogen and oxygen atoms in total. The number of hydrazine groups is 1. The molecule has 4 N–H and O–H groups in total. The molecule has 1 aromatic rings. The maximum Gasteiger partial charge on any atom is 0.311 e. The van der Waals surface area contributed by atoms with Gasteiger partial charge in [-0.15, -0.1) is 0 Å². The van der Waals surface area contributed by atoms with E-state index in [1.165, 1.54) is 24.1 Å². The van der Waals surface area contributed by atoms with Crippen molar-refractivity contribution in [3.63, 3.8) is 0 Å². The lowest BCUT2D eigenvalue weighted by Gasteiger charge is -2.21. The summed E-state index contributed by atoms with van der Waals surface area (Å²) in [7, 11) is 3.05. The standard InChI is InChI=1S/C10H17N5O4/c1-14(5-7(16)6-19-2)10-8(15(17)18)3-4-9(12-10)13-11/h3-4,7,16H,5-6,11H2,1-2H3,(H,12,13). The number of hydrogen-bond donors (Lipinski definition) is 3. The first-order valence-corrected chi connectivity index (χ1v) is 5.49. The third-order valence-corrected chi connectivity index (χ3v) is 2.40. The average molecular weight is 271 g/mol. The van der Waals surface area contributed by atoms with Gasteiger partial charge in [0.25, 0.3) is 0 Å². The third kappa shape index (κ3) is 4.02. The summed E-state index contributed by atoms with van der Waals surface area (Å²) in [5.41, 5.74) is 2.16. The van der Waals surface area contributed by atoms with E-state index < -0.39 is 11.0 Å². The van der Waals surface area contributed by atoms with E-state index in [1.807, 2.05) is 0 Å². The second-order valence-corrected chi connectivity index (χ2v) is 3.93. The Kier molecular flexibility index (Phi) is 5.42. The Balaban J connectivity index is 2.98. The molecule has 1 heterocycles. The van der Waals surface area contributed by atoms with Gasteiger partial charge in [-0.2, -0.15) is 0 Å². The topological polar surface area (TPSA) is 127 Å². The number of nitrogens with zero attached hydrogens (tertiary/aromatic N) is 3. The number of nitrogens with one attached hydrogen (secondary N) is 1. The molecule has 0 spiro atoms. The second-order valence-electron chi connectivity index (χ2n) is 3.93. The van der Waals surface area contributed by atoms with Crippen molar-refractivity contribution in [1.82, 2.24) is 4.98 Å². The van der Waals surface area contributed by atoms with E-state index in [9.17, 15) is 15.2 Å². The van der Waals surface area contributed by atoms with E-state index in [2.05, 4.69) is 10.4 Å². The number of rotatable bonds is 7. The molecule has 0 fully saturated rings. The van der Waals surface area contributed by atoms with Gasteiger partial charge in [0.15, 0.2) is 0 Å². The molecule has 0 aliphatic rings. The minimum atomic E-state index is -0.772. The summed E-state index contributed by atoms with van der Waals surface area (Å²) < 4.78 is 4.80. The van der Waals surface area contributed by atoms with Crippen LogP contribution in [0.25, 0.3) is 0 Å². The van der Waals surface area contributed by atoms with Crippen LogP contribution >= 0.6 is 0 Å². The molecular formula is C10H17N5O4. The van der Waals surface area contributed by atoms with Crippen molar-refractivity contribution in [2.24, 2.45) is 5.84 Å². The van der Waals surface area contributed by atoms with Crippen LogP contribution in [0.15, 0.2) is 12.1 Å². The second kappa shape index (κ2) is 6.83. The molecule has 0 saturated heterocycles. The van der Waals surface area contributed by atoms with Crippen LogP contribution in [0.5, 0.6) is 0 Å². The number of nitrogen functional groups attached to an aromatic ring is 1. The highest BCUT2D eigenvalue weighted by molar-refractivity contribution is 5.61. The van der Waals surface area contributed by atoms with Gasteiger partial charge in [-0.05, 0) is 6.07 Å². The first-order valence-electron chi connectivity index (χ1n) is 5.49. The molecule has 0 bridgehead atoms. The van der Waals surface area contributed by atoms with Crippen LogP contribution in [0.1, 0.15) is 0 Å². The fourth-order valence-corrected chi connectivity index (χ4v) is 1.59. The molecule has 1 aromatic heterocycles. The summed E-state index contributed by atoms with van der Waals surface area (Å²) in [4.78, 5) is 15.9. The summed E-state index contributed by atoms with van der Waals surface area (Å²) >= 11 is 0. The van der Waals surface area contributed by atoms with Crippen LogP contribution in [0.4, 0.5) is 17.3 Å². The van der Waals surface area contributed by atoms with Gasteiger partial charge >= 0.3 is 5.69 Å². The lowest BCUT2D eigenvalue weighted by molar-refractivity contribution is -0.384. The normalized spacial score (nSPS) is 12.0. The number of hydrogen-bond acceptors (Lipinski definition) is 8. The van der Waals surface area contributed by atoms with E-state index in [4.69, 9.17) is 10.6 Å². The SMILES string of the molecule is COCC(O)CN(C)c1nc(NN)ccc1[N+](=O)[O-]. The average Bonchev–Trinajstić information content (AvgIpc) is 2.37. The quantitative estimate of drug-likeness (QED) is 0.351. The number of anilines is 2. The van der Waals surface area contributed by atoms with Crippen LogP contribution in [-0.2, 0) is 4.74 Å². The van der Waals surface area contributed by atoms with Gasteiger partial charge in [0.05, 0.1) is 17.6 Å². The van der Waals surface area contributed by atoms with Crippen molar-refractivity contribution in [2.45, 2.75) is 6.10 Å².